The van der Waals surface area contributed by atoms with E-state index >= 15 is 0 Å². The predicted octanol–water partition coefficient (Wildman–Crippen LogP) is 5.59. The molecule has 1 N–H and O–H groups in total. The summed E-state index contributed by atoms with van der Waals surface area (Å²) in [6.07, 6.45) is 4.01. The van der Waals surface area contributed by atoms with Crippen LogP contribution in [0, 0.1) is 27.7 Å². The van der Waals surface area contributed by atoms with Crippen molar-refractivity contribution in [3.63, 3.8) is 0 Å². The number of carbonyl (C=O) groups is 2. The number of aryl methyl sites for hydroxylation is 4. The van der Waals surface area contributed by atoms with Gasteiger partial charge in [-0.2, -0.15) is 0 Å². The van der Waals surface area contributed by atoms with Gasteiger partial charge in [0, 0.05) is 12.6 Å². The summed E-state index contributed by atoms with van der Waals surface area (Å²) in [5.41, 5.74) is 5.22. The number of nitrogens with one attached hydrogen (secondary N) is 1. The summed E-state index contributed by atoms with van der Waals surface area (Å²) in [5.74, 6) is -0.676. The fraction of sp³-hybridized carbons (Fsp3) is 0.394. The van der Waals surface area contributed by atoms with Gasteiger partial charge in [-0.25, -0.2) is 8.42 Å². The van der Waals surface area contributed by atoms with Crippen LogP contribution in [-0.2, 0) is 26.2 Å². The minimum atomic E-state index is -4.09. The number of nitrogens with zero attached hydrogens (tertiary/aromatic N) is 2. The van der Waals surface area contributed by atoms with Gasteiger partial charge in [-0.15, -0.1) is 0 Å². The molecule has 218 valence electrons. The molecular formula is C33H41N3O4S. The van der Waals surface area contributed by atoms with Crippen molar-refractivity contribution in [2.45, 2.75) is 83.8 Å². The Morgan fingerprint density at radius 3 is 2.02 bits per heavy atom. The van der Waals surface area contributed by atoms with E-state index < -0.39 is 28.5 Å². The van der Waals surface area contributed by atoms with E-state index in [9.17, 15) is 18.0 Å². The average molecular weight is 576 g/mol. The highest BCUT2D eigenvalue weighted by Gasteiger charge is 2.33. The average Bonchev–Trinajstić information content (AvgIpc) is 3.45. The molecule has 1 saturated carbocycles. The van der Waals surface area contributed by atoms with Gasteiger partial charge in [0.25, 0.3) is 10.0 Å². The van der Waals surface area contributed by atoms with E-state index in [1.807, 2.05) is 58.0 Å². The number of sulfonamides is 1. The molecule has 0 aliphatic heterocycles. The lowest BCUT2D eigenvalue weighted by Gasteiger charge is -2.32. The van der Waals surface area contributed by atoms with Gasteiger partial charge in [-0.3, -0.25) is 13.9 Å². The van der Waals surface area contributed by atoms with Crippen LogP contribution in [0.1, 0.15) is 60.4 Å². The SMILES string of the molecule is Cc1ccc(CN(C(=O)CN(c2ccc(C)c(C)c2)S(=O)(=O)c2ccc(C)cc2)C(C)C(=O)NC2CCCC2)cc1. The van der Waals surface area contributed by atoms with Gasteiger partial charge in [-0.05, 0) is 88.4 Å². The predicted molar refractivity (Wildman–Crippen MR) is 163 cm³/mol. The zero-order valence-electron chi connectivity index (χ0n) is 24.7. The van der Waals surface area contributed by atoms with Crippen LogP contribution in [0.4, 0.5) is 5.69 Å². The second kappa shape index (κ2) is 12.9. The van der Waals surface area contributed by atoms with Crippen LogP contribution in [0.25, 0.3) is 0 Å². The molecule has 1 atom stereocenters. The molecule has 0 radical (unpaired) electrons. The van der Waals surface area contributed by atoms with Crippen LogP contribution in [0.5, 0.6) is 0 Å². The van der Waals surface area contributed by atoms with E-state index in [4.69, 9.17) is 0 Å². The summed E-state index contributed by atoms with van der Waals surface area (Å²) in [4.78, 5) is 29.0. The van der Waals surface area contributed by atoms with Gasteiger partial charge >= 0.3 is 0 Å². The number of hydrogen-bond donors (Lipinski definition) is 1. The molecule has 1 fully saturated rings. The van der Waals surface area contributed by atoms with E-state index in [0.717, 1.165) is 57.8 Å². The van der Waals surface area contributed by atoms with Crippen LogP contribution in [0.15, 0.2) is 71.6 Å². The van der Waals surface area contributed by atoms with Crippen LogP contribution in [-0.4, -0.2) is 43.8 Å². The Balaban J connectivity index is 1.70. The van der Waals surface area contributed by atoms with E-state index in [-0.39, 0.29) is 23.4 Å². The molecule has 0 heterocycles. The molecule has 7 nitrogen and oxygen atoms in total. The first-order valence-electron chi connectivity index (χ1n) is 14.3. The Hall–Kier alpha value is -3.65. The van der Waals surface area contributed by atoms with Crippen molar-refractivity contribution < 1.29 is 18.0 Å². The zero-order chi connectivity index (χ0) is 29.7. The molecule has 4 rings (SSSR count). The highest BCUT2D eigenvalue weighted by molar-refractivity contribution is 7.92. The van der Waals surface area contributed by atoms with Crippen molar-refractivity contribution >= 4 is 27.5 Å². The van der Waals surface area contributed by atoms with Gasteiger partial charge in [0.1, 0.15) is 12.6 Å². The zero-order valence-corrected chi connectivity index (χ0v) is 25.5. The molecule has 0 saturated heterocycles. The third kappa shape index (κ3) is 7.36. The normalized spacial score (nSPS) is 14.5. The highest BCUT2D eigenvalue weighted by atomic mass is 32.2. The summed E-state index contributed by atoms with van der Waals surface area (Å²) in [6, 6.07) is 19.1. The third-order valence-electron chi connectivity index (χ3n) is 8.01. The fourth-order valence-corrected chi connectivity index (χ4v) is 6.52. The van der Waals surface area contributed by atoms with E-state index in [1.54, 1.807) is 43.3 Å². The van der Waals surface area contributed by atoms with Gasteiger partial charge in [0.15, 0.2) is 0 Å². The van der Waals surface area contributed by atoms with Crippen molar-refractivity contribution in [1.29, 1.82) is 0 Å². The van der Waals surface area contributed by atoms with Crippen molar-refractivity contribution in [2.75, 3.05) is 10.8 Å². The molecule has 0 spiro atoms. The molecule has 3 aromatic rings. The van der Waals surface area contributed by atoms with Crippen LogP contribution < -0.4 is 9.62 Å². The maximum atomic E-state index is 14.1. The topological polar surface area (TPSA) is 86.8 Å². The molecule has 0 bridgehead atoms. The number of hydrogen-bond acceptors (Lipinski definition) is 4. The lowest BCUT2D eigenvalue weighted by atomic mass is 10.1. The summed E-state index contributed by atoms with van der Waals surface area (Å²) < 4.78 is 29.2. The molecule has 2 amide bonds. The number of carbonyl (C=O) groups excluding carboxylic acids is 2. The molecule has 3 aromatic carbocycles. The van der Waals surface area contributed by atoms with Gasteiger partial charge in [-0.1, -0.05) is 66.4 Å². The Labute approximate surface area is 244 Å². The lowest BCUT2D eigenvalue weighted by molar-refractivity contribution is -0.139. The first-order valence-corrected chi connectivity index (χ1v) is 15.7. The Morgan fingerprint density at radius 1 is 0.854 bits per heavy atom. The standard InChI is InChI=1S/C33H41N3O4S/c1-23-10-15-28(16-11-23)21-35(27(5)33(38)34-29-8-6-7-9-29)32(37)22-36(30-17-14-25(3)26(4)20-30)41(39,40)31-18-12-24(2)13-19-31/h10-20,27,29H,6-9,21-22H2,1-5H3,(H,34,38). The lowest BCUT2D eigenvalue weighted by Crippen LogP contribution is -2.52. The Kier molecular flexibility index (Phi) is 9.53. The summed E-state index contributed by atoms with van der Waals surface area (Å²) in [5, 5.41) is 3.10. The molecule has 41 heavy (non-hydrogen) atoms. The fourth-order valence-electron chi connectivity index (χ4n) is 5.11. The van der Waals surface area contributed by atoms with Crippen molar-refractivity contribution in [3.05, 3.63) is 94.5 Å². The summed E-state index contributed by atoms with van der Waals surface area (Å²) in [6.45, 7) is 9.21. The number of amides is 2. The second-order valence-corrected chi connectivity index (χ2v) is 13.1. The first-order chi connectivity index (χ1) is 19.5. The molecule has 8 heteroatoms. The quantitative estimate of drug-likeness (QED) is 0.341. The largest absolute Gasteiger partial charge is 0.352 e. The maximum absolute atomic E-state index is 14.1. The van der Waals surface area contributed by atoms with Crippen LogP contribution in [0.3, 0.4) is 0 Å². The van der Waals surface area contributed by atoms with Crippen LogP contribution in [0.2, 0.25) is 0 Å². The smallest absolute Gasteiger partial charge is 0.264 e. The molecule has 0 aromatic heterocycles. The third-order valence-corrected chi connectivity index (χ3v) is 9.80. The van der Waals surface area contributed by atoms with Gasteiger partial charge < -0.3 is 10.2 Å². The molecule has 1 unspecified atom stereocenters. The molecular weight excluding hydrogens is 534 g/mol. The number of benzene rings is 3. The first kappa shape index (κ1) is 30.3. The van der Waals surface area contributed by atoms with E-state index in [0.29, 0.717) is 5.69 Å². The van der Waals surface area contributed by atoms with Crippen molar-refractivity contribution in [3.8, 4) is 0 Å². The number of rotatable bonds is 10. The molecule has 1 aliphatic rings. The highest BCUT2D eigenvalue weighted by Crippen LogP contribution is 2.27. The number of anilines is 1. The van der Waals surface area contributed by atoms with Crippen molar-refractivity contribution in [2.24, 2.45) is 0 Å². The van der Waals surface area contributed by atoms with E-state index in [2.05, 4.69) is 5.32 Å². The second-order valence-electron chi connectivity index (χ2n) is 11.3. The minimum Gasteiger partial charge on any atom is -0.352 e. The summed E-state index contributed by atoms with van der Waals surface area (Å²) >= 11 is 0. The monoisotopic (exact) mass is 575 g/mol. The summed E-state index contributed by atoms with van der Waals surface area (Å²) in [7, 11) is -4.09. The van der Waals surface area contributed by atoms with Crippen molar-refractivity contribution in [1.82, 2.24) is 10.2 Å². The van der Waals surface area contributed by atoms with Gasteiger partial charge in [0.2, 0.25) is 11.8 Å². The Morgan fingerprint density at radius 2 is 1.44 bits per heavy atom. The molecule has 1 aliphatic carbocycles. The Bertz CT molecular complexity index is 1480. The minimum absolute atomic E-state index is 0.103. The van der Waals surface area contributed by atoms with E-state index in [1.165, 1.54) is 4.90 Å². The van der Waals surface area contributed by atoms with Crippen LogP contribution >= 0.6 is 0 Å². The van der Waals surface area contributed by atoms with Gasteiger partial charge in [0.05, 0.1) is 10.6 Å². The maximum Gasteiger partial charge on any atom is 0.264 e.